The number of hydrogen-bond acceptors (Lipinski definition) is 4. The van der Waals surface area contributed by atoms with Gasteiger partial charge in [-0.2, -0.15) is 57.3 Å². The third kappa shape index (κ3) is 11.4. The summed E-state index contributed by atoms with van der Waals surface area (Å²) in [5.74, 6) is 0. The maximum absolute atomic E-state index is 10.9. The molecule has 2 aliphatic rings. The Morgan fingerprint density at radius 1 is 0.632 bits per heavy atom. The molecule has 0 N–H and O–H groups in total. The van der Waals surface area contributed by atoms with Gasteiger partial charge in [-0.15, -0.1) is 72.4 Å². The number of benzene rings is 2. The second kappa shape index (κ2) is 19.7. The molecule has 2 aromatic carbocycles. The molecule has 0 aromatic heterocycles. The van der Waals surface area contributed by atoms with Gasteiger partial charge >= 0.3 is 40.8 Å². The first-order valence-corrected chi connectivity index (χ1v) is 11.2. The largest absolute Gasteiger partial charge is 2.00 e. The van der Waals surface area contributed by atoms with Crippen LogP contribution in [0.2, 0.25) is 10.0 Å². The van der Waals surface area contributed by atoms with Crippen molar-refractivity contribution in [1.82, 2.24) is 0 Å². The van der Waals surface area contributed by atoms with Crippen molar-refractivity contribution in [2.45, 2.75) is 0 Å². The van der Waals surface area contributed by atoms with Gasteiger partial charge in [0.2, 0.25) is 0 Å². The van der Waals surface area contributed by atoms with Crippen LogP contribution in [0.15, 0.2) is 118 Å². The van der Waals surface area contributed by atoms with E-state index >= 15 is 0 Å². The normalized spacial score (nSPS) is 12.1. The number of allylic oxidation sites excluding steroid dienone is 2. The summed E-state index contributed by atoms with van der Waals surface area (Å²) in [5, 5.41) is 8.42. The Morgan fingerprint density at radius 2 is 0.947 bits per heavy atom. The van der Waals surface area contributed by atoms with Gasteiger partial charge in [0.05, 0.1) is 0 Å². The molecule has 0 saturated carbocycles. The maximum Gasteiger partial charge on any atom is 2.00 e. The number of nitroso groups, excluding NO2 is 2. The van der Waals surface area contributed by atoms with Crippen LogP contribution in [-0.2, 0) is 40.8 Å². The maximum atomic E-state index is 10.9. The van der Waals surface area contributed by atoms with Gasteiger partial charge in [-0.25, -0.2) is 0 Å². The van der Waals surface area contributed by atoms with Crippen molar-refractivity contribution in [2.24, 2.45) is 10.4 Å². The molecule has 2 aromatic rings. The molecule has 204 valence electrons. The van der Waals surface area contributed by atoms with Gasteiger partial charge in [0, 0.05) is 22.1 Å². The van der Waals surface area contributed by atoms with E-state index in [1.165, 1.54) is 0 Å². The van der Waals surface area contributed by atoms with E-state index < -0.39 is 0 Å². The van der Waals surface area contributed by atoms with E-state index in [-0.39, 0.29) is 65.7 Å². The fraction of sp³-hybridized carbons (Fsp3) is 0. The van der Waals surface area contributed by atoms with Crippen LogP contribution in [0.1, 0.15) is 11.1 Å². The topological polar surface area (TPSA) is 58.9 Å². The molecule has 0 fully saturated rings. The smallest absolute Gasteiger partial charge is 0.281 e. The molecule has 12 heteroatoms. The number of halogens is 6. The van der Waals surface area contributed by atoms with E-state index in [0.29, 0.717) is 55.2 Å². The van der Waals surface area contributed by atoms with Crippen LogP contribution >= 0.6 is 71.2 Å². The molecule has 2 aliphatic carbocycles. The summed E-state index contributed by atoms with van der Waals surface area (Å²) in [6, 6.07) is 14.4. The monoisotopic (exact) mass is 810 g/mol. The van der Waals surface area contributed by atoms with Crippen LogP contribution in [0.3, 0.4) is 0 Å². The van der Waals surface area contributed by atoms with Crippen LogP contribution in [0.25, 0.3) is 0 Å². The summed E-state index contributed by atoms with van der Waals surface area (Å²) in [7, 11) is 0. The van der Waals surface area contributed by atoms with E-state index in [9.17, 15) is 9.81 Å². The van der Waals surface area contributed by atoms with Crippen molar-refractivity contribution < 1.29 is 40.8 Å². The molecule has 0 aliphatic heterocycles. The first-order valence-electron chi connectivity index (χ1n) is 9.69. The van der Waals surface area contributed by atoms with Gasteiger partial charge in [-0.1, -0.05) is 79.7 Å². The average Bonchev–Trinajstić information content (AvgIpc) is 2.85. The molecule has 0 atom stereocenters. The number of rotatable bonds is 6. The van der Waals surface area contributed by atoms with Gasteiger partial charge in [0.25, 0.3) is 0 Å². The summed E-state index contributed by atoms with van der Waals surface area (Å²) < 4.78 is 0. The summed E-state index contributed by atoms with van der Waals surface area (Å²) in [5.41, 5.74) is 8.41. The molecule has 0 unspecified atom stereocenters. The summed E-state index contributed by atoms with van der Waals surface area (Å²) >= 11 is 23.1. The van der Waals surface area contributed by atoms with Crippen molar-refractivity contribution >= 4 is 71.2 Å². The molecule has 38 heavy (non-hydrogen) atoms. The fourth-order valence-electron chi connectivity index (χ4n) is 2.84. The zero-order chi connectivity index (χ0) is 24.5. The van der Waals surface area contributed by atoms with E-state index in [2.05, 4.69) is 21.8 Å². The summed E-state index contributed by atoms with van der Waals surface area (Å²) in [6.07, 6.45) is 9.97. The predicted molar refractivity (Wildman–Crippen MR) is 153 cm³/mol. The Morgan fingerprint density at radius 3 is 1.18 bits per heavy atom. The minimum Gasteiger partial charge on any atom is -0.281 e. The zero-order valence-corrected chi connectivity index (χ0v) is 26.5. The average molecular weight is 814 g/mol. The fourth-order valence-corrected chi connectivity index (χ4v) is 3.32. The molecule has 4 rings (SSSR count). The van der Waals surface area contributed by atoms with Crippen molar-refractivity contribution in [3.05, 3.63) is 161 Å². The molecule has 0 amide bonds. The number of hydrogen-bond donors (Lipinski definition) is 0. The van der Waals surface area contributed by atoms with Crippen molar-refractivity contribution in [2.75, 3.05) is 0 Å². The van der Waals surface area contributed by atoms with E-state index in [1.54, 1.807) is 85.0 Å². The van der Waals surface area contributed by atoms with E-state index in [0.717, 1.165) is 0 Å². The molecule has 4 nitrogen and oxygen atoms in total. The van der Waals surface area contributed by atoms with Crippen molar-refractivity contribution in [3.63, 3.8) is 0 Å². The molecule has 0 spiro atoms. The molecule has 0 bridgehead atoms. The minimum absolute atomic E-state index is 0. The standard InChI is InChI=1S/2C13H7Cl2NO.2ClH.2Pd/c2*14-11-5-1-9(2-6-11)13(16-17)10-3-7-12(15)8-4-10;;;;/h2*1-3,5-8H;2*1H;;/q2*-2;;;2*+2. The second-order valence-corrected chi connectivity index (χ2v) is 8.48. The second-order valence-electron chi connectivity index (χ2n) is 6.73. The van der Waals surface area contributed by atoms with Gasteiger partial charge in [0.15, 0.2) is 0 Å². The number of nitrogens with zero attached hydrogens (tertiary/aromatic N) is 2. The minimum atomic E-state index is 0. The van der Waals surface area contributed by atoms with Crippen molar-refractivity contribution in [3.8, 4) is 0 Å². The zero-order valence-electron chi connectivity index (χ0n) is 18.8. The Kier molecular flexibility index (Phi) is 20.2. The molecule has 0 heterocycles. The van der Waals surface area contributed by atoms with Crippen LogP contribution in [0.5, 0.6) is 0 Å². The Hall–Kier alpha value is -1.30. The Bertz CT molecular complexity index is 1140. The Labute approximate surface area is 281 Å². The first-order chi connectivity index (χ1) is 16.4. The quantitative estimate of drug-likeness (QED) is 0.126. The third-order valence-electron chi connectivity index (χ3n) is 4.48. The third-order valence-corrected chi connectivity index (χ3v) is 5.45. The van der Waals surface area contributed by atoms with Crippen molar-refractivity contribution in [1.29, 1.82) is 0 Å². The van der Waals surface area contributed by atoms with Crippen LogP contribution in [0.4, 0.5) is 0 Å². The van der Waals surface area contributed by atoms with Gasteiger partial charge in [0.1, 0.15) is 0 Å². The van der Waals surface area contributed by atoms with Gasteiger partial charge < -0.3 is 0 Å². The van der Waals surface area contributed by atoms with Crippen LogP contribution in [-0.4, -0.2) is 0 Å². The van der Waals surface area contributed by atoms with Crippen LogP contribution < -0.4 is 0 Å². The first kappa shape index (κ1) is 38.9. The Balaban J connectivity index is 0. The van der Waals surface area contributed by atoms with E-state index in [1.807, 2.05) is 0 Å². The summed E-state index contributed by atoms with van der Waals surface area (Å²) in [6.45, 7) is 0. The van der Waals surface area contributed by atoms with Crippen LogP contribution in [0, 0.1) is 32.7 Å². The molecule has 0 saturated heterocycles. The summed E-state index contributed by atoms with van der Waals surface area (Å²) in [4.78, 5) is 21.8. The molecular weight excluding hydrogens is 798 g/mol. The molecular formula is C26H16Cl6N2O2Pd2. The predicted octanol–water partition coefficient (Wildman–Crippen LogP) is 9.66. The van der Waals surface area contributed by atoms with Gasteiger partial charge in [-0.05, 0) is 0 Å². The molecule has 0 radical (unpaired) electrons. The van der Waals surface area contributed by atoms with E-state index in [4.69, 9.17) is 46.4 Å². The van der Waals surface area contributed by atoms with Gasteiger partial charge in [-0.3, -0.25) is 11.5 Å². The SMILES string of the molecule is Cl.Cl.O=N[C-](C1=C=C[C-](Cl)C=C1)c1ccc(Cl)cc1.O=N[C-](C1=C=C[C-](Cl)C=C1)c1ccc(Cl)cc1.[Pd+2].[Pd+2].